The predicted molar refractivity (Wildman–Crippen MR) is 103 cm³/mol. The van der Waals surface area contributed by atoms with Crippen LogP contribution in [0.3, 0.4) is 0 Å². The molecule has 0 bridgehead atoms. The first-order valence-electron chi connectivity index (χ1n) is 8.48. The van der Waals surface area contributed by atoms with E-state index in [9.17, 15) is 18.0 Å². The average molecular weight is 409 g/mol. The lowest BCUT2D eigenvalue weighted by Crippen LogP contribution is -2.37. The fraction of sp³-hybridized carbons (Fsp3) is 0.333. The number of ether oxygens (including phenoxy) is 1. The normalized spacial score (nSPS) is 11.7. The highest BCUT2D eigenvalue weighted by molar-refractivity contribution is 7.89. The van der Waals surface area contributed by atoms with Crippen LogP contribution >= 0.6 is 0 Å². The summed E-state index contributed by atoms with van der Waals surface area (Å²) in [5.41, 5.74) is -0.333. The number of benzene rings is 1. The molecular weight excluding hydrogens is 386 g/mol. The molecule has 0 aliphatic heterocycles. The monoisotopic (exact) mass is 409 g/mol. The minimum Gasteiger partial charge on any atom is -0.459 e. The number of sulfonamides is 1. The van der Waals surface area contributed by atoms with E-state index < -0.39 is 27.6 Å². The van der Waals surface area contributed by atoms with Gasteiger partial charge in [-0.2, -0.15) is 0 Å². The van der Waals surface area contributed by atoms with Gasteiger partial charge in [0.1, 0.15) is 5.60 Å². The fourth-order valence-corrected chi connectivity index (χ4v) is 3.17. The van der Waals surface area contributed by atoms with Crippen LogP contribution in [0.5, 0.6) is 0 Å². The molecule has 0 fully saturated rings. The lowest BCUT2D eigenvalue weighted by Gasteiger charge is -2.19. The number of alkyl carbamates (subject to hydrolysis) is 1. The van der Waals surface area contributed by atoms with Gasteiger partial charge in [-0.1, -0.05) is 6.07 Å². The van der Waals surface area contributed by atoms with Crippen molar-refractivity contribution in [3.8, 4) is 0 Å². The van der Waals surface area contributed by atoms with E-state index in [1.807, 2.05) is 0 Å². The number of furan rings is 1. The van der Waals surface area contributed by atoms with Crippen molar-refractivity contribution in [3.63, 3.8) is 0 Å². The van der Waals surface area contributed by atoms with E-state index in [-0.39, 0.29) is 23.7 Å². The fourth-order valence-electron chi connectivity index (χ4n) is 2.09. The molecular formula is C18H23N3O6S. The van der Waals surface area contributed by atoms with E-state index >= 15 is 0 Å². The summed E-state index contributed by atoms with van der Waals surface area (Å²) in [6, 6.07) is 8.85. The number of carbonyl (C=O) groups excluding carboxylic acids is 2. The average Bonchev–Trinajstić information content (AvgIpc) is 3.12. The van der Waals surface area contributed by atoms with Gasteiger partial charge in [0.05, 0.1) is 11.2 Å². The first kappa shape index (κ1) is 21.5. The second-order valence-corrected chi connectivity index (χ2v) is 8.55. The Balaban J connectivity index is 1.91. The van der Waals surface area contributed by atoms with Gasteiger partial charge >= 0.3 is 6.09 Å². The van der Waals surface area contributed by atoms with Crippen LogP contribution in [0.15, 0.2) is 52.0 Å². The summed E-state index contributed by atoms with van der Waals surface area (Å²) in [4.78, 5) is 23.5. The maximum absolute atomic E-state index is 12.4. The van der Waals surface area contributed by atoms with Crippen molar-refractivity contribution in [2.24, 2.45) is 0 Å². The minimum atomic E-state index is -3.82. The van der Waals surface area contributed by atoms with Crippen LogP contribution in [-0.2, 0) is 14.8 Å². The van der Waals surface area contributed by atoms with E-state index in [0.717, 1.165) is 0 Å². The zero-order chi connectivity index (χ0) is 20.8. The maximum Gasteiger partial charge on any atom is 0.407 e. The molecule has 1 aromatic heterocycles. The zero-order valence-corrected chi connectivity index (χ0v) is 16.6. The van der Waals surface area contributed by atoms with Crippen LogP contribution < -0.4 is 15.4 Å². The Morgan fingerprint density at radius 2 is 1.86 bits per heavy atom. The van der Waals surface area contributed by atoms with Gasteiger partial charge in [0.25, 0.3) is 5.91 Å². The van der Waals surface area contributed by atoms with Crippen molar-refractivity contribution in [1.29, 1.82) is 0 Å². The molecule has 2 aromatic rings. The number of hydrogen-bond acceptors (Lipinski definition) is 6. The molecule has 1 aromatic carbocycles. The number of anilines is 1. The summed E-state index contributed by atoms with van der Waals surface area (Å²) >= 11 is 0. The van der Waals surface area contributed by atoms with Gasteiger partial charge in [-0.15, -0.1) is 0 Å². The molecule has 10 heteroatoms. The van der Waals surface area contributed by atoms with E-state index in [2.05, 4.69) is 15.4 Å². The molecule has 0 radical (unpaired) electrons. The van der Waals surface area contributed by atoms with Crippen molar-refractivity contribution in [3.05, 3.63) is 48.4 Å². The summed E-state index contributed by atoms with van der Waals surface area (Å²) < 4.78 is 37.2. The van der Waals surface area contributed by atoms with Crippen molar-refractivity contribution < 1.29 is 27.2 Å². The second kappa shape index (κ2) is 8.89. The maximum atomic E-state index is 12.4. The highest BCUT2D eigenvalue weighted by Gasteiger charge is 2.17. The second-order valence-electron chi connectivity index (χ2n) is 6.79. The molecule has 0 atom stereocenters. The Bertz CT molecular complexity index is 917. The van der Waals surface area contributed by atoms with Crippen LogP contribution in [-0.4, -0.2) is 39.1 Å². The smallest absolute Gasteiger partial charge is 0.407 e. The predicted octanol–water partition coefficient (Wildman–Crippen LogP) is 2.33. The highest BCUT2D eigenvalue weighted by atomic mass is 32.2. The molecule has 28 heavy (non-hydrogen) atoms. The summed E-state index contributed by atoms with van der Waals surface area (Å²) in [6.45, 7) is 5.22. The first-order chi connectivity index (χ1) is 13.1. The Labute approximate surface area is 163 Å². The van der Waals surface area contributed by atoms with Crippen LogP contribution in [0.1, 0.15) is 31.3 Å². The van der Waals surface area contributed by atoms with Gasteiger partial charge in [-0.25, -0.2) is 17.9 Å². The summed E-state index contributed by atoms with van der Waals surface area (Å²) in [5, 5.41) is 5.02. The van der Waals surface area contributed by atoms with Gasteiger partial charge in [0.2, 0.25) is 10.0 Å². The van der Waals surface area contributed by atoms with Crippen LogP contribution in [0, 0.1) is 0 Å². The quantitative estimate of drug-likeness (QED) is 0.603. The minimum absolute atomic E-state index is 0.0233. The standard InChI is InChI=1S/C18H23N3O6S/c1-18(2,3)27-17(23)19-9-10-20-28(24,25)14-7-4-6-13(12-14)21-16(22)15-8-5-11-26-15/h4-8,11-12,20H,9-10H2,1-3H3,(H,19,23)(H,21,22). The molecule has 0 spiro atoms. The van der Waals surface area contributed by atoms with E-state index in [4.69, 9.17) is 9.15 Å². The lowest BCUT2D eigenvalue weighted by atomic mass is 10.2. The molecule has 2 amide bonds. The molecule has 0 aliphatic carbocycles. The number of amides is 2. The van der Waals surface area contributed by atoms with E-state index in [0.29, 0.717) is 5.69 Å². The Kier molecular flexibility index (Phi) is 6.81. The highest BCUT2D eigenvalue weighted by Crippen LogP contribution is 2.16. The van der Waals surface area contributed by atoms with E-state index in [1.165, 1.54) is 30.5 Å². The lowest BCUT2D eigenvalue weighted by molar-refractivity contribution is 0.0528. The van der Waals surface area contributed by atoms with Gasteiger partial charge in [-0.3, -0.25) is 4.79 Å². The Morgan fingerprint density at radius 3 is 2.50 bits per heavy atom. The summed E-state index contributed by atoms with van der Waals surface area (Å²) in [6.07, 6.45) is 0.736. The summed E-state index contributed by atoms with van der Waals surface area (Å²) in [7, 11) is -3.82. The van der Waals surface area contributed by atoms with Crippen molar-refractivity contribution in [2.45, 2.75) is 31.3 Å². The zero-order valence-electron chi connectivity index (χ0n) is 15.8. The van der Waals surface area contributed by atoms with E-state index in [1.54, 1.807) is 32.9 Å². The van der Waals surface area contributed by atoms with Gasteiger partial charge in [0, 0.05) is 18.8 Å². The Hall–Kier alpha value is -2.85. The molecule has 1 heterocycles. The first-order valence-corrected chi connectivity index (χ1v) is 9.96. The molecule has 0 unspecified atom stereocenters. The molecule has 0 saturated carbocycles. The molecule has 0 saturated heterocycles. The largest absolute Gasteiger partial charge is 0.459 e. The number of rotatable bonds is 7. The third-order valence-corrected chi connectivity index (χ3v) is 4.69. The van der Waals surface area contributed by atoms with Crippen LogP contribution in [0.2, 0.25) is 0 Å². The van der Waals surface area contributed by atoms with Gasteiger partial charge < -0.3 is 19.8 Å². The molecule has 3 N–H and O–H groups in total. The van der Waals surface area contributed by atoms with Crippen LogP contribution in [0.4, 0.5) is 10.5 Å². The van der Waals surface area contributed by atoms with Gasteiger partial charge in [0.15, 0.2) is 5.76 Å². The SMILES string of the molecule is CC(C)(C)OC(=O)NCCNS(=O)(=O)c1cccc(NC(=O)c2ccco2)c1. The molecule has 2 rings (SSSR count). The number of hydrogen-bond donors (Lipinski definition) is 3. The molecule has 0 aliphatic rings. The van der Waals surface area contributed by atoms with Gasteiger partial charge in [-0.05, 0) is 51.1 Å². The Morgan fingerprint density at radius 1 is 1.11 bits per heavy atom. The number of nitrogens with one attached hydrogen (secondary N) is 3. The summed E-state index contributed by atoms with van der Waals surface area (Å²) in [5.74, 6) is -0.381. The van der Waals surface area contributed by atoms with Crippen molar-refractivity contribution in [1.82, 2.24) is 10.0 Å². The number of carbonyl (C=O) groups is 2. The third kappa shape index (κ3) is 6.71. The molecule has 152 valence electrons. The van der Waals surface area contributed by atoms with Crippen molar-refractivity contribution >= 4 is 27.7 Å². The van der Waals surface area contributed by atoms with Crippen molar-refractivity contribution in [2.75, 3.05) is 18.4 Å². The molecule has 9 nitrogen and oxygen atoms in total. The third-order valence-electron chi connectivity index (χ3n) is 3.23. The topological polar surface area (TPSA) is 127 Å². The van der Waals surface area contributed by atoms with Crippen LogP contribution in [0.25, 0.3) is 0 Å².